The van der Waals surface area contributed by atoms with E-state index in [4.69, 9.17) is 5.73 Å². The number of hydrogen-bond acceptors (Lipinski definition) is 2. The number of aryl methyl sites for hydroxylation is 2. The van der Waals surface area contributed by atoms with Gasteiger partial charge < -0.3 is 5.73 Å². The first-order chi connectivity index (χ1) is 9.20. The molecule has 0 aromatic carbocycles. The SMILES string of the molecule is CCCC1CCC(C(N)CCc2ccnn2C)CC1. The molecule has 108 valence electrons. The highest BCUT2D eigenvalue weighted by atomic mass is 15.2. The molecule has 0 radical (unpaired) electrons. The zero-order chi connectivity index (χ0) is 13.7. The average Bonchev–Trinajstić information content (AvgIpc) is 2.83. The maximum absolute atomic E-state index is 6.40. The molecular weight excluding hydrogens is 234 g/mol. The average molecular weight is 263 g/mol. The van der Waals surface area contributed by atoms with Crippen LogP contribution in [-0.4, -0.2) is 15.8 Å². The Labute approximate surface area is 117 Å². The molecule has 0 saturated heterocycles. The first-order valence-corrected chi connectivity index (χ1v) is 7.93. The molecule has 1 aromatic heterocycles. The van der Waals surface area contributed by atoms with Crippen LogP contribution < -0.4 is 5.73 Å². The highest BCUT2D eigenvalue weighted by molar-refractivity contribution is 5.00. The van der Waals surface area contributed by atoms with Crippen LogP contribution in [0.15, 0.2) is 12.3 Å². The molecule has 0 spiro atoms. The van der Waals surface area contributed by atoms with Crippen molar-refractivity contribution in [2.75, 3.05) is 0 Å². The van der Waals surface area contributed by atoms with E-state index in [-0.39, 0.29) is 0 Å². The minimum Gasteiger partial charge on any atom is -0.327 e. The van der Waals surface area contributed by atoms with E-state index < -0.39 is 0 Å². The van der Waals surface area contributed by atoms with Crippen molar-refractivity contribution in [2.45, 2.75) is 64.3 Å². The summed E-state index contributed by atoms with van der Waals surface area (Å²) in [6, 6.07) is 2.47. The first kappa shape index (κ1) is 14.6. The lowest BCUT2D eigenvalue weighted by molar-refractivity contribution is 0.228. The molecule has 3 nitrogen and oxygen atoms in total. The fourth-order valence-electron chi connectivity index (χ4n) is 3.51. The molecule has 1 saturated carbocycles. The molecule has 1 fully saturated rings. The third-order valence-corrected chi connectivity index (χ3v) is 4.85. The molecule has 2 N–H and O–H groups in total. The van der Waals surface area contributed by atoms with Crippen molar-refractivity contribution in [1.29, 1.82) is 0 Å². The van der Waals surface area contributed by atoms with Crippen LogP contribution in [0.5, 0.6) is 0 Å². The van der Waals surface area contributed by atoms with Gasteiger partial charge in [-0.1, -0.05) is 32.6 Å². The molecule has 1 unspecified atom stereocenters. The van der Waals surface area contributed by atoms with E-state index in [0.29, 0.717) is 6.04 Å². The molecular formula is C16H29N3. The van der Waals surface area contributed by atoms with Crippen LogP contribution in [-0.2, 0) is 13.5 Å². The number of rotatable bonds is 6. The van der Waals surface area contributed by atoms with Gasteiger partial charge in [-0.3, -0.25) is 4.68 Å². The standard InChI is InChI=1S/C16H29N3/c1-3-4-13-5-7-14(8-6-13)16(17)10-9-15-11-12-18-19(15)2/h11-14,16H,3-10,17H2,1-2H3. The van der Waals surface area contributed by atoms with Crippen molar-refractivity contribution in [3.63, 3.8) is 0 Å². The topological polar surface area (TPSA) is 43.8 Å². The minimum absolute atomic E-state index is 0.373. The Bertz CT molecular complexity index is 364. The van der Waals surface area contributed by atoms with Crippen LogP contribution in [0.4, 0.5) is 0 Å². The van der Waals surface area contributed by atoms with Gasteiger partial charge in [-0.15, -0.1) is 0 Å². The Morgan fingerprint density at radius 3 is 2.68 bits per heavy atom. The monoisotopic (exact) mass is 263 g/mol. The van der Waals surface area contributed by atoms with E-state index in [9.17, 15) is 0 Å². The molecule has 3 heteroatoms. The lowest BCUT2D eigenvalue weighted by atomic mass is 9.76. The second kappa shape index (κ2) is 7.09. The zero-order valence-corrected chi connectivity index (χ0v) is 12.5. The van der Waals surface area contributed by atoms with Crippen LogP contribution in [0.25, 0.3) is 0 Å². The van der Waals surface area contributed by atoms with Crippen molar-refractivity contribution < 1.29 is 0 Å². The summed E-state index contributed by atoms with van der Waals surface area (Å²) >= 11 is 0. The van der Waals surface area contributed by atoms with Crippen molar-refractivity contribution in [3.05, 3.63) is 18.0 Å². The van der Waals surface area contributed by atoms with Crippen molar-refractivity contribution >= 4 is 0 Å². The summed E-state index contributed by atoms with van der Waals surface area (Å²) in [5.74, 6) is 1.73. The maximum atomic E-state index is 6.40. The Morgan fingerprint density at radius 2 is 2.11 bits per heavy atom. The van der Waals surface area contributed by atoms with Gasteiger partial charge in [0.15, 0.2) is 0 Å². The number of nitrogens with two attached hydrogens (primary N) is 1. The van der Waals surface area contributed by atoms with Gasteiger partial charge in [0.25, 0.3) is 0 Å². The Hall–Kier alpha value is -0.830. The van der Waals surface area contributed by atoms with Gasteiger partial charge in [-0.2, -0.15) is 5.10 Å². The highest BCUT2D eigenvalue weighted by Crippen LogP contribution is 2.33. The highest BCUT2D eigenvalue weighted by Gasteiger charge is 2.25. The second-order valence-corrected chi connectivity index (χ2v) is 6.22. The number of nitrogens with zero attached hydrogens (tertiary/aromatic N) is 2. The van der Waals surface area contributed by atoms with Gasteiger partial charge >= 0.3 is 0 Å². The Morgan fingerprint density at radius 1 is 1.37 bits per heavy atom. The van der Waals surface area contributed by atoms with Gasteiger partial charge in [-0.25, -0.2) is 0 Å². The van der Waals surface area contributed by atoms with Crippen molar-refractivity contribution in [2.24, 2.45) is 24.6 Å². The van der Waals surface area contributed by atoms with Crippen LogP contribution >= 0.6 is 0 Å². The fourth-order valence-corrected chi connectivity index (χ4v) is 3.51. The van der Waals surface area contributed by atoms with Crippen molar-refractivity contribution in [1.82, 2.24) is 9.78 Å². The smallest absolute Gasteiger partial charge is 0.0492 e. The summed E-state index contributed by atoms with van der Waals surface area (Å²) in [4.78, 5) is 0. The van der Waals surface area contributed by atoms with E-state index in [1.807, 2.05) is 17.9 Å². The van der Waals surface area contributed by atoms with E-state index in [2.05, 4.69) is 18.1 Å². The summed E-state index contributed by atoms with van der Waals surface area (Å²) in [7, 11) is 2.01. The lowest BCUT2D eigenvalue weighted by Crippen LogP contribution is -2.33. The van der Waals surface area contributed by atoms with E-state index >= 15 is 0 Å². The number of hydrogen-bond donors (Lipinski definition) is 1. The first-order valence-electron chi connectivity index (χ1n) is 7.93. The third-order valence-electron chi connectivity index (χ3n) is 4.85. The molecule has 1 aliphatic rings. The van der Waals surface area contributed by atoms with Gasteiger partial charge in [0.1, 0.15) is 0 Å². The summed E-state index contributed by atoms with van der Waals surface area (Å²) in [6.45, 7) is 2.30. The summed E-state index contributed by atoms with van der Waals surface area (Å²) in [5, 5.41) is 4.21. The summed E-state index contributed by atoms with van der Waals surface area (Å²) in [5.41, 5.74) is 7.71. The number of aromatic nitrogens is 2. The van der Waals surface area contributed by atoms with Gasteiger partial charge in [0.05, 0.1) is 0 Å². The minimum atomic E-state index is 0.373. The fraction of sp³-hybridized carbons (Fsp3) is 0.812. The van der Waals surface area contributed by atoms with Gasteiger partial charge in [0.2, 0.25) is 0 Å². The maximum Gasteiger partial charge on any atom is 0.0492 e. The van der Waals surface area contributed by atoms with Crippen LogP contribution in [0, 0.1) is 11.8 Å². The predicted octanol–water partition coefficient (Wildman–Crippen LogP) is 3.29. The van der Waals surface area contributed by atoms with Crippen molar-refractivity contribution in [3.8, 4) is 0 Å². The van der Waals surface area contributed by atoms with Gasteiger partial charge in [-0.05, 0) is 43.6 Å². The molecule has 1 heterocycles. The summed E-state index contributed by atoms with van der Waals surface area (Å²) < 4.78 is 1.96. The lowest BCUT2D eigenvalue weighted by Gasteiger charge is -2.32. The van der Waals surface area contributed by atoms with Crippen LogP contribution in [0.3, 0.4) is 0 Å². The van der Waals surface area contributed by atoms with Gasteiger partial charge in [0, 0.05) is 25.0 Å². The van der Waals surface area contributed by atoms with Crippen LogP contribution in [0.1, 0.15) is 57.6 Å². The quantitative estimate of drug-likeness (QED) is 0.856. The molecule has 1 atom stereocenters. The third kappa shape index (κ3) is 4.07. The predicted molar refractivity (Wildman–Crippen MR) is 79.9 cm³/mol. The molecule has 1 aliphatic carbocycles. The molecule has 0 aliphatic heterocycles. The normalized spacial score (nSPS) is 25.4. The molecule has 0 amide bonds. The van der Waals surface area contributed by atoms with E-state index in [1.54, 1.807) is 0 Å². The largest absolute Gasteiger partial charge is 0.327 e. The molecule has 2 rings (SSSR count). The summed E-state index contributed by atoms with van der Waals surface area (Å²) in [6.07, 6.45) is 12.3. The Kier molecular flexibility index (Phi) is 5.44. The van der Waals surface area contributed by atoms with Crippen LogP contribution in [0.2, 0.25) is 0 Å². The Balaban J connectivity index is 1.72. The molecule has 19 heavy (non-hydrogen) atoms. The second-order valence-electron chi connectivity index (χ2n) is 6.22. The van der Waals surface area contributed by atoms with E-state index in [0.717, 1.165) is 24.7 Å². The molecule has 0 bridgehead atoms. The molecule has 1 aromatic rings. The zero-order valence-electron chi connectivity index (χ0n) is 12.5. The van der Waals surface area contributed by atoms with E-state index in [1.165, 1.54) is 44.2 Å².